The van der Waals surface area contributed by atoms with Gasteiger partial charge < -0.3 is 14.7 Å². The monoisotopic (exact) mass is 368 g/mol. The predicted molar refractivity (Wildman–Crippen MR) is 57.6 cm³/mol. The molecule has 0 aromatic heterocycles. The molecule has 0 spiro atoms. The van der Waals surface area contributed by atoms with Crippen LogP contribution < -0.4 is 0 Å². The second-order valence-corrected chi connectivity index (χ2v) is 2.99. The van der Waals surface area contributed by atoms with Gasteiger partial charge in [0.15, 0.2) is 6.26 Å². The van der Waals surface area contributed by atoms with E-state index in [1.807, 2.05) is 6.92 Å². The molecule has 0 radical (unpaired) electrons. The van der Waals surface area contributed by atoms with Gasteiger partial charge in [0, 0.05) is 36.8 Å². The quantitative estimate of drug-likeness (QED) is 0.140. The van der Waals surface area contributed by atoms with Crippen LogP contribution in [0.2, 0.25) is 0 Å². The summed E-state index contributed by atoms with van der Waals surface area (Å²) in [5.74, 6) is 0. The lowest BCUT2D eigenvalue weighted by molar-refractivity contribution is -0.874. The fourth-order valence-corrected chi connectivity index (χ4v) is 0.672. The van der Waals surface area contributed by atoms with Crippen LogP contribution in [0.1, 0.15) is 19.8 Å². The number of hydrogen-bond acceptors (Lipinski definition) is 16. The minimum atomic E-state index is 0.0891. The molecule has 0 aromatic carbocycles. The van der Waals surface area contributed by atoms with Crippen LogP contribution in [-0.4, -0.2) is 24.9 Å². The molecule has 0 heterocycles. The zero-order valence-corrected chi connectivity index (χ0v) is 12.3. The third kappa shape index (κ3) is 20.8. The predicted octanol–water partition coefficient (Wildman–Crippen LogP) is 0.960. The molecule has 1 N–H and O–H groups in total. The highest BCUT2D eigenvalue weighted by atomic mass is 18.0. The van der Waals surface area contributed by atoms with Crippen molar-refractivity contribution in [3.05, 3.63) is 12.5 Å². The molecule has 0 aromatic rings. The van der Waals surface area contributed by atoms with Gasteiger partial charge in [-0.05, 0) is 36.7 Å². The molecule has 144 valence electrons. The van der Waals surface area contributed by atoms with Crippen molar-refractivity contribution in [3.63, 3.8) is 0 Å². The van der Waals surface area contributed by atoms with Crippen LogP contribution in [0.5, 0.6) is 0 Å². The van der Waals surface area contributed by atoms with Gasteiger partial charge in [-0.1, -0.05) is 13.3 Å². The van der Waals surface area contributed by atoms with Crippen LogP contribution in [0.15, 0.2) is 12.5 Å². The third-order valence-corrected chi connectivity index (χ3v) is 1.46. The average Bonchev–Trinajstić information content (AvgIpc) is 2.60. The molecule has 0 aliphatic heterocycles. The maximum Gasteiger partial charge on any atom is 0.167 e. The summed E-state index contributed by atoms with van der Waals surface area (Å²) in [5, 5.41) is 52.3. The normalized spacial score (nSPS) is 11.4. The Morgan fingerprint density at radius 2 is 1.21 bits per heavy atom. The molecule has 0 aliphatic rings. The van der Waals surface area contributed by atoms with E-state index in [1.165, 1.54) is 0 Å². The van der Waals surface area contributed by atoms with Gasteiger partial charge >= 0.3 is 0 Å². The Hall–Kier alpha value is -1.22. The van der Waals surface area contributed by atoms with Crippen LogP contribution in [0.4, 0.5) is 0 Å². The van der Waals surface area contributed by atoms with Crippen LogP contribution >= 0.6 is 0 Å². The average molecular weight is 368 g/mol. The second kappa shape index (κ2) is 21.8. The van der Waals surface area contributed by atoms with Gasteiger partial charge in [0.25, 0.3) is 0 Å². The Balaban J connectivity index is 2.95. The topological polar surface area (TPSA) is 159 Å². The first-order valence-electron chi connectivity index (χ1n) is 6.07. The summed E-state index contributed by atoms with van der Waals surface area (Å²) in [5.41, 5.74) is 0. The largest absolute Gasteiger partial charge is 0.512 e. The van der Waals surface area contributed by atoms with Crippen LogP contribution in [0, 0.1) is 0 Å². The molecular weight excluding hydrogens is 352 g/mol. The molecule has 0 fully saturated rings. The van der Waals surface area contributed by atoms with Crippen molar-refractivity contribution in [1.29, 1.82) is 0 Å². The molecular formula is C8H16O16. The lowest BCUT2D eigenvalue weighted by Crippen LogP contribution is -2.07. The summed E-state index contributed by atoms with van der Waals surface area (Å²) in [6, 6.07) is 0. The minimum Gasteiger partial charge on any atom is -0.512 e. The molecule has 0 rings (SSSR count). The first-order chi connectivity index (χ1) is 11.9. The van der Waals surface area contributed by atoms with Crippen molar-refractivity contribution in [3.8, 4) is 0 Å². The maximum absolute atomic E-state index is 8.08. The van der Waals surface area contributed by atoms with E-state index in [1.54, 1.807) is 0 Å². The molecule has 24 heavy (non-hydrogen) atoms. The molecule has 16 heteroatoms. The van der Waals surface area contributed by atoms with Crippen LogP contribution in [0.25, 0.3) is 0 Å². The molecule has 0 aliphatic carbocycles. The smallest absolute Gasteiger partial charge is 0.167 e. The van der Waals surface area contributed by atoms with E-state index in [0.29, 0.717) is 25.7 Å². The molecule has 0 atom stereocenters. The summed E-state index contributed by atoms with van der Waals surface area (Å²) < 4.78 is 5.13. The van der Waals surface area contributed by atoms with Gasteiger partial charge in [0.05, 0.1) is 6.61 Å². The van der Waals surface area contributed by atoms with E-state index in [4.69, 9.17) is 9.84 Å². The SMILES string of the molecule is CCCCOCCOOOOOOOOOOOOOO/C=C\O. The Morgan fingerprint density at radius 1 is 0.667 bits per heavy atom. The van der Waals surface area contributed by atoms with Gasteiger partial charge in [0.1, 0.15) is 12.9 Å². The molecule has 0 saturated heterocycles. The number of hydrogen-bond donors (Lipinski definition) is 1. The lowest BCUT2D eigenvalue weighted by atomic mass is 10.4. The highest BCUT2D eigenvalue weighted by molar-refractivity contribution is 4.52. The number of ether oxygens (including phenoxy) is 1. The van der Waals surface area contributed by atoms with Crippen molar-refractivity contribution in [2.45, 2.75) is 19.8 Å². The summed E-state index contributed by atoms with van der Waals surface area (Å²) in [6.45, 7) is 3.05. The standard InChI is InChI=1S/C8H16O16/c1-2-3-5-10-7-8-12-14-16-18-20-22-24-23-21-19-17-15-13-11-6-4-9/h4,6,9H,2-3,5,7-8H2,1H3/b6-4-. The molecule has 0 amide bonds. The lowest BCUT2D eigenvalue weighted by Gasteiger charge is -2.02. The zero-order valence-electron chi connectivity index (χ0n) is 12.3. The third-order valence-electron chi connectivity index (χ3n) is 1.46. The number of unbranched alkanes of at least 4 members (excludes halogenated alkanes) is 1. The molecule has 16 nitrogen and oxygen atoms in total. The van der Waals surface area contributed by atoms with Crippen molar-refractivity contribution in [2.75, 3.05) is 19.8 Å². The van der Waals surface area contributed by atoms with E-state index in [0.717, 1.165) is 12.8 Å². The van der Waals surface area contributed by atoms with Gasteiger partial charge in [-0.25, -0.2) is 4.89 Å². The van der Waals surface area contributed by atoms with Crippen molar-refractivity contribution in [1.82, 2.24) is 0 Å². The Bertz CT molecular complexity index is 250. The van der Waals surface area contributed by atoms with E-state index in [-0.39, 0.29) is 6.61 Å². The van der Waals surface area contributed by atoms with E-state index in [2.05, 4.69) is 70.2 Å². The Labute approximate surface area is 133 Å². The summed E-state index contributed by atoms with van der Waals surface area (Å²) in [7, 11) is 0. The Morgan fingerprint density at radius 3 is 1.75 bits per heavy atom. The maximum atomic E-state index is 8.08. The van der Waals surface area contributed by atoms with Crippen LogP contribution in [0.3, 0.4) is 0 Å². The molecule has 0 saturated carbocycles. The first kappa shape index (κ1) is 22.8. The summed E-state index contributed by atoms with van der Waals surface area (Å²) in [4.78, 5) is 8.35. The molecule has 0 unspecified atom stereocenters. The van der Waals surface area contributed by atoms with Crippen molar-refractivity contribution >= 4 is 0 Å². The second-order valence-electron chi connectivity index (χ2n) is 2.99. The zero-order chi connectivity index (χ0) is 17.6. The Kier molecular flexibility index (Phi) is 20.7. The van der Waals surface area contributed by atoms with E-state index < -0.39 is 0 Å². The number of aliphatic hydroxyl groups excluding tert-OH is 1. The number of rotatable bonds is 20. The molecule has 0 bridgehead atoms. The first-order valence-corrected chi connectivity index (χ1v) is 6.07. The summed E-state index contributed by atoms with van der Waals surface area (Å²) >= 11 is 0. The highest BCUT2D eigenvalue weighted by Gasteiger charge is 1.98. The highest BCUT2D eigenvalue weighted by Crippen LogP contribution is 1.93. The van der Waals surface area contributed by atoms with Gasteiger partial charge in [-0.2, -0.15) is 0 Å². The van der Waals surface area contributed by atoms with E-state index >= 15 is 0 Å². The fourth-order valence-electron chi connectivity index (χ4n) is 0.672. The van der Waals surface area contributed by atoms with Gasteiger partial charge in [0.2, 0.25) is 0 Å². The van der Waals surface area contributed by atoms with Crippen LogP contribution in [-0.2, 0) is 75.0 Å². The minimum absolute atomic E-state index is 0.0891. The fraction of sp³-hybridized carbons (Fsp3) is 0.750. The van der Waals surface area contributed by atoms with Crippen molar-refractivity contribution in [2.24, 2.45) is 0 Å². The summed E-state index contributed by atoms with van der Waals surface area (Å²) in [6.07, 6.45) is 3.17. The van der Waals surface area contributed by atoms with Gasteiger partial charge in [-0.15, -0.1) is 0 Å². The number of aliphatic hydroxyl groups is 1. The van der Waals surface area contributed by atoms with Gasteiger partial charge in [-0.3, -0.25) is 0 Å². The van der Waals surface area contributed by atoms with E-state index in [9.17, 15) is 0 Å². The van der Waals surface area contributed by atoms with Crippen molar-refractivity contribution < 1.29 is 80.1 Å².